The van der Waals surface area contributed by atoms with Gasteiger partial charge in [-0.05, 0) is 22.3 Å². The predicted molar refractivity (Wildman–Crippen MR) is 161 cm³/mol. The molecule has 188 valence electrons. The highest BCUT2D eigenvalue weighted by Crippen LogP contribution is 2.25. The Bertz CT molecular complexity index is 1780. The van der Waals surface area contributed by atoms with Crippen LogP contribution in [0.5, 0.6) is 0 Å². The van der Waals surface area contributed by atoms with Gasteiger partial charge in [0.05, 0.1) is 22.1 Å². The van der Waals surface area contributed by atoms with Gasteiger partial charge in [-0.15, -0.1) is 0 Å². The number of benzene rings is 5. The Morgan fingerprint density at radius 2 is 0.525 bits per heavy atom. The Hall–Kier alpha value is -5.48. The highest BCUT2D eigenvalue weighted by molar-refractivity contribution is 6.01. The van der Waals surface area contributed by atoms with Crippen LogP contribution in [0, 0.1) is 0 Å². The molecule has 0 aliphatic rings. The Kier molecular flexibility index (Phi) is 6.11. The maximum atomic E-state index is 4.97. The Morgan fingerprint density at radius 3 is 0.750 bits per heavy atom. The van der Waals surface area contributed by atoms with E-state index in [0.717, 1.165) is 65.9 Å². The van der Waals surface area contributed by atoms with Gasteiger partial charge in [0.15, 0.2) is 0 Å². The second-order valence-corrected chi connectivity index (χ2v) is 9.47. The predicted octanol–water partition coefficient (Wildman–Crippen LogP) is 6.07. The first-order chi connectivity index (χ1) is 19.9. The molecule has 2 heterocycles. The molecule has 7 aromatic rings. The molecule has 0 fully saturated rings. The molecule has 5 aromatic carbocycles. The fourth-order valence-corrected chi connectivity index (χ4v) is 5.44. The van der Waals surface area contributed by atoms with E-state index < -0.39 is 0 Å². The van der Waals surface area contributed by atoms with E-state index in [1.54, 1.807) is 24.8 Å². The van der Waals surface area contributed by atoms with E-state index in [1.807, 2.05) is 24.3 Å². The molecule has 2 aromatic heterocycles. The molecule has 0 atom stereocenters. The van der Waals surface area contributed by atoms with Crippen molar-refractivity contribution in [1.82, 2.24) is 19.9 Å². The second-order valence-electron chi connectivity index (χ2n) is 9.47. The minimum atomic E-state index is 0.789. The van der Waals surface area contributed by atoms with Crippen molar-refractivity contribution < 1.29 is 0 Å². The maximum absolute atomic E-state index is 4.97. The molecule has 40 heavy (non-hydrogen) atoms. The van der Waals surface area contributed by atoms with Crippen LogP contribution < -0.4 is 10.4 Å². The van der Waals surface area contributed by atoms with Gasteiger partial charge in [-0.1, -0.05) is 121 Å². The molecule has 0 radical (unpaired) electrons. The summed E-state index contributed by atoms with van der Waals surface area (Å²) < 4.78 is 0. The highest BCUT2D eigenvalue weighted by atomic mass is 14.8. The summed E-state index contributed by atoms with van der Waals surface area (Å²) in [5.41, 5.74) is 9.57. The smallest absolute Gasteiger partial charge is 0.0995 e. The van der Waals surface area contributed by atoms with E-state index >= 15 is 0 Å². The summed E-state index contributed by atoms with van der Waals surface area (Å²) in [5.74, 6) is 0. The van der Waals surface area contributed by atoms with Crippen LogP contribution in [0.1, 0.15) is 22.3 Å². The first-order valence-electron chi connectivity index (χ1n) is 13.2. The number of rotatable bonds is 4. The van der Waals surface area contributed by atoms with Crippen LogP contribution in [-0.4, -0.2) is 19.9 Å². The number of aromatic nitrogens is 4. The van der Waals surface area contributed by atoms with Crippen molar-refractivity contribution in [3.8, 4) is 0 Å². The fraction of sp³-hybridized carbons (Fsp3) is 0. The third-order valence-corrected chi connectivity index (χ3v) is 7.09. The molecule has 4 heteroatoms. The van der Waals surface area contributed by atoms with Gasteiger partial charge in [-0.2, -0.15) is 0 Å². The van der Waals surface area contributed by atoms with Gasteiger partial charge < -0.3 is 0 Å². The Labute approximate surface area is 231 Å². The SMILES string of the molecule is c1ccc(C(c2ccccc2)=c2c3nccnc3c(=C(c3ccccc3)c3ccccc3)c3nccnc23)cc1. The van der Waals surface area contributed by atoms with Crippen LogP contribution >= 0.6 is 0 Å². The lowest BCUT2D eigenvalue weighted by Crippen LogP contribution is -2.24. The van der Waals surface area contributed by atoms with Crippen LogP contribution in [0.2, 0.25) is 0 Å². The van der Waals surface area contributed by atoms with Crippen LogP contribution in [0.15, 0.2) is 146 Å². The van der Waals surface area contributed by atoms with E-state index in [2.05, 4.69) is 97.1 Å². The normalized spacial score (nSPS) is 11.0. The van der Waals surface area contributed by atoms with E-state index in [4.69, 9.17) is 19.9 Å². The second kappa shape index (κ2) is 10.4. The quantitative estimate of drug-likeness (QED) is 0.269. The summed E-state index contributed by atoms with van der Waals surface area (Å²) in [6.45, 7) is 0. The molecule has 0 aliphatic carbocycles. The molecule has 4 nitrogen and oxygen atoms in total. The first kappa shape index (κ1) is 23.6. The standard InChI is InChI=1S/C36H24N4/c1-5-13-25(14-6-1)29(26-15-7-2-8-16-26)31-33-35(39-23-21-37-33)32(36-34(31)38-22-24-40-36)30(27-17-9-3-10-18-27)28-19-11-4-12-20-28/h1-24H. The zero-order valence-electron chi connectivity index (χ0n) is 21.6. The minimum Gasteiger partial charge on any atom is -0.252 e. The lowest BCUT2D eigenvalue weighted by molar-refractivity contribution is 1.24. The van der Waals surface area contributed by atoms with Gasteiger partial charge in [0.25, 0.3) is 0 Å². The van der Waals surface area contributed by atoms with Gasteiger partial charge in [-0.25, -0.2) is 0 Å². The summed E-state index contributed by atoms with van der Waals surface area (Å²) in [5, 5.41) is 1.85. The lowest BCUT2D eigenvalue weighted by atomic mass is 9.91. The number of nitrogens with zero attached hydrogens (tertiary/aromatic N) is 4. The van der Waals surface area contributed by atoms with E-state index in [9.17, 15) is 0 Å². The average Bonchev–Trinajstić information content (AvgIpc) is 3.04. The van der Waals surface area contributed by atoms with E-state index in [-0.39, 0.29) is 0 Å². The summed E-state index contributed by atoms with van der Waals surface area (Å²) in [6, 6.07) is 41.7. The molecule has 0 aliphatic heterocycles. The monoisotopic (exact) mass is 512 g/mol. The third kappa shape index (κ3) is 4.12. The van der Waals surface area contributed by atoms with Crippen molar-refractivity contribution in [1.29, 1.82) is 0 Å². The Morgan fingerprint density at radius 1 is 0.300 bits per heavy atom. The minimum absolute atomic E-state index is 0.789. The van der Waals surface area contributed by atoms with Crippen LogP contribution in [0.25, 0.3) is 33.2 Å². The number of fused-ring (bicyclic) bond motifs is 2. The van der Waals surface area contributed by atoms with Crippen LogP contribution in [0.3, 0.4) is 0 Å². The molecule has 0 spiro atoms. The van der Waals surface area contributed by atoms with Gasteiger partial charge in [0.2, 0.25) is 0 Å². The first-order valence-corrected chi connectivity index (χ1v) is 13.2. The summed E-state index contributed by atoms with van der Waals surface area (Å²) in [6.07, 6.45) is 7.04. The molecule has 0 N–H and O–H groups in total. The topological polar surface area (TPSA) is 51.6 Å². The highest BCUT2D eigenvalue weighted by Gasteiger charge is 2.19. The van der Waals surface area contributed by atoms with Crippen molar-refractivity contribution in [3.63, 3.8) is 0 Å². The fourth-order valence-electron chi connectivity index (χ4n) is 5.44. The molecule has 0 saturated heterocycles. The van der Waals surface area contributed by atoms with E-state index in [0.29, 0.717) is 0 Å². The van der Waals surface area contributed by atoms with Gasteiger partial charge in [-0.3, -0.25) is 19.9 Å². The summed E-state index contributed by atoms with van der Waals surface area (Å²) in [7, 11) is 0. The zero-order chi connectivity index (χ0) is 26.7. The lowest BCUT2D eigenvalue weighted by Gasteiger charge is -2.15. The largest absolute Gasteiger partial charge is 0.252 e. The van der Waals surface area contributed by atoms with Crippen molar-refractivity contribution in [2.75, 3.05) is 0 Å². The van der Waals surface area contributed by atoms with Gasteiger partial charge >= 0.3 is 0 Å². The summed E-state index contributed by atoms with van der Waals surface area (Å²) in [4.78, 5) is 19.9. The molecule has 7 rings (SSSR count). The van der Waals surface area contributed by atoms with Crippen molar-refractivity contribution >= 4 is 33.2 Å². The molecular formula is C36H24N4. The maximum Gasteiger partial charge on any atom is 0.0995 e. The number of hydrogen-bond donors (Lipinski definition) is 0. The van der Waals surface area contributed by atoms with Gasteiger partial charge in [0.1, 0.15) is 0 Å². The van der Waals surface area contributed by atoms with Crippen LogP contribution in [0.4, 0.5) is 0 Å². The summed E-state index contributed by atoms with van der Waals surface area (Å²) >= 11 is 0. The molecule has 0 unspecified atom stereocenters. The Balaban J connectivity index is 1.81. The van der Waals surface area contributed by atoms with E-state index in [1.165, 1.54) is 0 Å². The molecule has 0 saturated carbocycles. The van der Waals surface area contributed by atoms with Crippen molar-refractivity contribution in [2.45, 2.75) is 0 Å². The van der Waals surface area contributed by atoms with Crippen molar-refractivity contribution in [3.05, 3.63) is 179 Å². The van der Waals surface area contributed by atoms with Crippen LogP contribution in [-0.2, 0) is 0 Å². The molecule has 0 bridgehead atoms. The van der Waals surface area contributed by atoms with Gasteiger partial charge in [0, 0.05) is 46.4 Å². The zero-order valence-corrected chi connectivity index (χ0v) is 21.6. The average molecular weight is 513 g/mol. The number of hydrogen-bond acceptors (Lipinski definition) is 4. The third-order valence-electron chi connectivity index (χ3n) is 7.09. The molecular weight excluding hydrogens is 488 g/mol. The van der Waals surface area contributed by atoms with Crippen molar-refractivity contribution in [2.24, 2.45) is 0 Å². The molecule has 0 amide bonds.